The van der Waals surface area contributed by atoms with Crippen LogP contribution in [0, 0.1) is 17.1 Å². The predicted octanol–water partition coefficient (Wildman–Crippen LogP) is 3.43. The fourth-order valence-corrected chi connectivity index (χ4v) is 4.03. The molecule has 0 fully saturated rings. The number of nitrogens with one attached hydrogen (secondary N) is 1. The summed E-state index contributed by atoms with van der Waals surface area (Å²) >= 11 is 1.39. The van der Waals surface area contributed by atoms with Crippen molar-refractivity contribution in [3.05, 3.63) is 51.7 Å². The number of nitriles is 1. The van der Waals surface area contributed by atoms with E-state index in [1.54, 1.807) is 0 Å². The van der Waals surface area contributed by atoms with E-state index in [2.05, 4.69) is 11.4 Å². The van der Waals surface area contributed by atoms with Crippen LogP contribution in [-0.2, 0) is 22.4 Å². The highest BCUT2D eigenvalue weighted by molar-refractivity contribution is 7.16. The molecular formula is C18H15FN2O3S. The SMILES string of the molecule is N#Cc1c(NC(=O)COC(=O)c2ccccc2F)sc2c1CCCC2. The number of rotatable bonds is 4. The molecule has 1 aromatic heterocycles. The van der Waals surface area contributed by atoms with Gasteiger partial charge in [0, 0.05) is 4.88 Å². The maximum atomic E-state index is 13.5. The Bertz CT molecular complexity index is 870. The number of fused-ring (bicyclic) bond motifs is 1. The van der Waals surface area contributed by atoms with Crippen LogP contribution in [-0.4, -0.2) is 18.5 Å². The number of benzene rings is 1. The van der Waals surface area contributed by atoms with Crippen LogP contribution < -0.4 is 5.32 Å². The number of thiophene rings is 1. The molecule has 0 unspecified atom stereocenters. The molecule has 0 atom stereocenters. The molecule has 0 aliphatic heterocycles. The monoisotopic (exact) mass is 358 g/mol. The summed E-state index contributed by atoms with van der Waals surface area (Å²) in [6.07, 6.45) is 3.86. The summed E-state index contributed by atoms with van der Waals surface area (Å²) in [5, 5.41) is 12.5. The lowest BCUT2D eigenvalue weighted by Gasteiger charge is -2.09. The van der Waals surface area contributed by atoms with Crippen LogP contribution in [0.15, 0.2) is 24.3 Å². The second-order valence-corrected chi connectivity index (χ2v) is 6.74. The molecule has 1 aliphatic rings. The fourth-order valence-electron chi connectivity index (χ4n) is 2.77. The third kappa shape index (κ3) is 3.69. The molecular weight excluding hydrogens is 343 g/mol. The smallest absolute Gasteiger partial charge is 0.341 e. The number of carbonyl (C=O) groups excluding carboxylic acids is 2. The minimum absolute atomic E-state index is 0.223. The zero-order valence-electron chi connectivity index (χ0n) is 13.3. The van der Waals surface area contributed by atoms with E-state index in [-0.39, 0.29) is 5.56 Å². The van der Waals surface area contributed by atoms with Gasteiger partial charge in [0.05, 0.1) is 11.1 Å². The van der Waals surface area contributed by atoms with Crippen LogP contribution in [0.1, 0.15) is 39.2 Å². The lowest BCUT2D eigenvalue weighted by molar-refractivity contribution is -0.119. The summed E-state index contributed by atoms with van der Waals surface area (Å²) in [6.45, 7) is -0.541. The zero-order chi connectivity index (χ0) is 17.8. The summed E-state index contributed by atoms with van der Waals surface area (Å²) < 4.78 is 18.4. The van der Waals surface area contributed by atoms with Gasteiger partial charge >= 0.3 is 5.97 Å². The number of amides is 1. The Morgan fingerprint density at radius 2 is 2.04 bits per heavy atom. The lowest BCUT2D eigenvalue weighted by atomic mass is 9.96. The minimum Gasteiger partial charge on any atom is -0.452 e. The molecule has 2 aromatic rings. The zero-order valence-corrected chi connectivity index (χ0v) is 14.1. The molecule has 7 heteroatoms. The van der Waals surface area contributed by atoms with Crippen molar-refractivity contribution in [3.8, 4) is 6.07 Å². The van der Waals surface area contributed by atoms with Crippen LogP contribution in [0.2, 0.25) is 0 Å². The van der Waals surface area contributed by atoms with E-state index in [1.807, 2.05) is 0 Å². The summed E-state index contributed by atoms with van der Waals surface area (Å²) in [5.74, 6) is -2.16. The van der Waals surface area contributed by atoms with E-state index < -0.39 is 24.3 Å². The molecule has 5 nitrogen and oxygen atoms in total. The number of esters is 1. The highest BCUT2D eigenvalue weighted by Crippen LogP contribution is 2.37. The van der Waals surface area contributed by atoms with Gasteiger partial charge in [-0.3, -0.25) is 4.79 Å². The van der Waals surface area contributed by atoms with Gasteiger partial charge in [0.15, 0.2) is 6.61 Å². The van der Waals surface area contributed by atoms with E-state index in [0.717, 1.165) is 42.2 Å². The first kappa shape index (κ1) is 17.1. The van der Waals surface area contributed by atoms with Gasteiger partial charge in [0.1, 0.15) is 16.9 Å². The number of halogens is 1. The average molecular weight is 358 g/mol. The van der Waals surface area contributed by atoms with Gasteiger partial charge < -0.3 is 10.1 Å². The minimum atomic E-state index is -0.903. The molecule has 3 rings (SSSR count). The molecule has 0 bridgehead atoms. The topological polar surface area (TPSA) is 79.2 Å². The van der Waals surface area contributed by atoms with Crippen molar-refractivity contribution in [1.29, 1.82) is 5.26 Å². The third-order valence-electron chi connectivity index (χ3n) is 3.96. The predicted molar refractivity (Wildman–Crippen MR) is 91.0 cm³/mol. The van der Waals surface area contributed by atoms with Gasteiger partial charge in [-0.15, -0.1) is 11.3 Å². The Hall–Kier alpha value is -2.72. The first-order chi connectivity index (χ1) is 12.1. The average Bonchev–Trinajstić information content (AvgIpc) is 2.97. The molecule has 1 aromatic carbocycles. The Balaban J connectivity index is 1.64. The van der Waals surface area contributed by atoms with Crippen molar-refractivity contribution in [2.45, 2.75) is 25.7 Å². The number of carbonyl (C=O) groups is 2. The molecule has 1 heterocycles. The van der Waals surface area contributed by atoms with Gasteiger partial charge in [-0.05, 0) is 43.4 Å². The molecule has 0 saturated carbocycles. The third-order valence-corrected chi connectivity index (χ3v) is 5.17. The van der Waals surface area contributed by atoms with Crippen molar-refractivity contribution in [1.82, 2.24) is 0 Å². The van der Waals surface area contributed by atoms with Crippen LogP contribution in [0.3, 0.4) is 0 Å². The molecule has 1 amide bonds. The molecule has 0 saturated heterocycles. The lowest BCUT2D eigenvalue weighted by Crippen LogP contribution is -2.21. The number of ether oxygens (including phenoxy) is 1. The summed E-state index contributed by atoms with van der Waals surface area (Å²) in [4.78, 5) is 25.0. The Morgan fingerprint density at radius 3 is 2.80 bits per heavy atom. The summed E-state index contributed by atoms with van der Waals surface area (Å²) in [5.41, 5.74) is 1.28. The van der Waals surface area contributed by atoms with E-state index in [4.69, 9.17) is 4.74 Å². The van der Waals surface area contributed by atoms with Crippen LogP contribution in [0.4, 0.5) is 9.39 Å². The number of anilines is 1. The highest BCUT2D eigenvalue weighted by atomic mass is 32.1. The normalized spacial score (nSPS) is 12.8. The van der Waals surface area contributed by atoms with E-state index in [0.29, 0.717) is 10.6 Å². The highest BCUT2D eigenvalue weighted by Gasteiger charge is 2.22. The number of hydrogen-bond acceptors (Lipinski definition) is 5. The standard InChI is InChI=1S/C18H15FN2O3S/c19-14-7-3-1-6-12(14)18(23)24-10-16(22)21-17-13(9-20)11-5-2-4-8-15(11)25-17/h1,3,6-7H,2,4-5,8,10H2,(H,21,22). The second-order valence-electron chi connectivity index (χ2n) is 5.63. The Kier molecular flexibility index (Phi) is 5.10. The van der Waals surface area contributed by atoms with E-state index >= 15 is 0 Å². The fraction of sp³-hybridized carbons (Fsp3) is 0.278. The van der Waals surface area contributed by atoms with E-state index in [1.165, 1.54) is 29.5 Å². The van der Waals surface area contributed by atoms with Gasteiger partial charge in [-0.2, -0.15) is 5.26 Å². The quantitative estimate of drug-likeness (QED) is 0.849. The van der Waals surface area contributed by atoms with Crippen LogP contribution >= 0.6 is 11.3 Å². The van der Waals surface area contributed by atoms with Gasteiger partial charge in [-0.1, -0.05) is 12.1 Å². The van der Waals surface area contributed by atoms with Crippen molar-refractivity contribution in [3.63, 3.8) is 0 Å². The molecule has 128 valence electrons. The number of aryl methyl sites for hydroxylation is 1. The van der Waals surface area contributed by atoms with Gasteiger partial charge in [0.2, 0.25) is 0 Å². The molecule has 0 radical (unpaired) electrons. The summed E-state index contributed by atoms with van der Waals surface area (Å²) in [6, 6.07) is 7.55. The number of hydrogen-bond donors (Lipinski definition) is 1. The van der Waals surface area contributed by atoms with Gasteiger partial charge in [-0.25, -0.2) is 9.18 Å². The van der Waals surface area contributed by atoms with Crippen molar-refractivity contribution in [2.75, 3.05) is 11.9 Å². The van der Waals surface area contributed by atoms with Crippen molar-refractivity contribution in [2.24, 2.45) is 0 Å². The first-order valence-corrected chi connectivity index (χ1v) is 8.68. The molecule has 1 N–H and O–H groups in total. The van der Waals surface area contributed by atoms with Crippen LogP contribution in [0.5, 0.6) is 0 Å². The van der Waals surface area contributed by atoms with Gasteiger partial charge in [0.25, 0.3) is 5.91 Å². The first-order valence-electron chi connectivity index (χ1n) is 7.86. The molecule has 0 spiro atoms. The molecule has 25 heavy (non-hydrogen) atoms. The largest absolute Gasteiger partial charge is 0.452 e. The van der Waals surface area contributed by atoms with E-state index in [9.17, 15) is 19.2 Å². The Labute approximate surface area is 148 Å². The van der Waals surface area contributed by atoms with Crippen LogP contribution in [0.25, 0.3) is 0 Å². The maximum absolute atomic E-state index is 13.5. The van der Waals surface area contributed by atoms with Crippen molar-refractivity contribution >= 4 is 28.2 Å². The van der Waals surface area contributed by atoms with Crippen molar-refractivity contribution < 1.29 is 18.7 Å². The second kappa shape index (κ2) is 7.45. The number of nitrogens with zero attached hydrogens (tertiary/aromatic N) is 1. The molecule has 1 aliphatic carbocycles. The maximum Gasteiger partial charge on any atom is 0.341 e. The Morgan fingerprint density at radius 1 is 1.28 bits per heavy atom. The summed E-state index contributed by atoms with van der Waals surface area (Å²) in [7, 11) is 0.